The number of furan rings is 1. The summed E-state index contributed by atoms with van der Waals surface area (Å²) in [6, 6.07) is 14.0. The Morgan fingerprint density at radius 3 is 2.82 bits per heavy atom. The number of aliphatic hydroxyl groups is 1. The van der Waals surface area contributed by atoms with Crippen molar-refractivity contribution in [2.75, 3.05) is 24.5 Å². The maximum Gasteiger partial charge on any atom is 0.285 e. The fourth-order valence-electron chi connectivity index (χ4n) is 4.32. The van der Waals surface area contributed by atoms with Crippen LogP contribution in [0.2, 0.25) is 0 Å². The standard InChI is InChI=1S/C25H27N5O3S/c31-23-22(34-25(32)29-23)14-19-7-10-27-24(28-19)30-11-8-17(9-12-30)15-26-16-18-4-1-2-5-20(18)21-6-3-13-33-21/h1-7,10,13-14,17,23,26,31H,8-9,11-12,15-16H2,(H,29,32)/b22-14-. The highest BCUT2D eigenvalue weighted by molar-refractivity contribution is 8.17. The molecule has 1 atom stereocenters. The van der Waals surface area contributed by atoms with Crippen LogP contribution < -0.4 is 15.5 Å². The first-order valence-corrected chi connectivity index (χ1v) is 12.3. The number of benzene rings is 1. The monoisotopic (exact) mass is 477 g/mol. The number of nitrogens with zero attached hydrogens (tertiary/aromatic N) is 3. The van der Waals surface area contributed by atoms with Gasteiger partial charge in [-0.15, -0.1) is 0 Å². The molecule has 4 heterocycles. The molecule has 2 aromatic heterocycles. The summed E-state index contributed by atoms with van der Waals surface area (Å²) in [5.74, 6) is 2.18. The number of anilines is 1. The lowest BCUT2D eigenvalue weighted by Crippen LogP contribution is -2.38. The number of aliphatic hydroxyl groups excluding tert-OH is 1. The first-order valence-electron chi connectivity index (χ1n) is 11.4. The summed E-state index contributed by atoms with van der Waals surface area (Å²) < 4.78 is 5.59. The van der Waals surface area contributed by atoms with Gasteiger partial charge in [-0.1, -0.05) is 24.3 Å². The van der Waals surface area contributed by atoms with E-state index in [1.54, 1.807) is 24.6 Å². The highest BCUT2D eigenvalue weighted by Crippen LogP contribution is 2.28. The molecule has 3 aromatic rings. The van der Waals surface area contributed by atoms with E-state index in [4.69, 9.17) is 4.42 Å². The summed E-state index contributed by atoms with van der Waals surface area (Å²) in [5.41, 5.74) is 3.05. The van der Waals surface area contributed by atoms with E-state index in [2.05, 4.69) is 43.7 Å². The summed E-state index contributed by atoms with van der Waals surface area (Å²) in [6.07, 6.45) is 6.32. The van der Waals surface area contributed by atoms with Gasteiger partial charge in [0.05, 0.1) is 12.0 Å². The van der Waals surface area contributed by atoms with Crippen LogP contribution in [-0.4, -0.2) is 46.2 Å². The van der Waals surface area contributed by atoms with E-state index in [-0.39, 0.29) is 5.24 Å². The van der Waals surface area contributed by atoms with E-state index in [0.29, 0.717) is 22.5 Å². The molecular weight excluding hydrogens is 450 g/mol. The number of aromatic nitrogens is 2. The van der Waals surface area contributed by atoms with Crippen LogP contribution in [0.4, 0.5) is 10.7 Å². The second-order valence-corrected chi connectivity index (χ2v) is 9.51. The SMILES string of the molecule is O=C1NC(O)/C(=C/c2ccnc(N3CCC(CNCc4ccccc4-c4ccco4)CC3)n2)S1. The molecule has 0 radical (unpaired) electrons. The van der Waals surface area contributed by atoms with E-state index in [0.717, 1.165) is 62.1 Å². The van der Waals surface area contributed by atoms with Gasteiger partial charge in [0.25, 0.3) is 5.24 Å². The molecule has 2 aliphatic rings. The molecule has 0 aliphatic carbocycles. The van der Waals surface area contributed by atoms with Crippen LogP contribution in [0.5, 0.6) is 0 Å². The van der Waals surface area contributed by atoms with Crippen molar-refractivity contribution in [1.29, 1.82) is 0 Å². The van der Waals surface area contributed by atoms with Gasteiger partial charge in [-0.2, -0.15) is 0 Å². The maximum atomic E-state index is 11.4. The molecule has 0 saturated carbocycles. The largest absolute Gasteiger partial charge is 0.464 e. The van der Waals surface area contributed by atoms with Crippen LogP contribution in [0.3, 0.4) is 0 Å². The van der Waals surface area contributed by atoms with E-state index in [1.807, 2.05) is 18.2 Å². The summed E-state index contributed by atoms with van der Waals surface area (Å²) >= 11 is 0.991. The number of hydrogen-bond donors (Lipinski definition) is 3. The number of carbonyl (C=O) groups excluding carboxylic acids is 1. The van der Waals surface area contributed by atoms with Crippen molar-refractivity contribution in [2.24, 2.45) is 5.92 Å². The van der Waals surface area contributed by atoms with Gasteiger partial charge >= 0.3 is 0 Å². The Labute approximate surface area is 202 Å². The summed E-state index contributed by atoms with van der Waals surface area (Å²) in [5, 5.41) is 15.7. The summed E-state index contributed by atoms with van der Waals surface area (Å²) in [4.78, 5) is 23.2. The van der Waals surface area contributed by atoms with Crippen molar-refractivity contribution in [1.82, 2.24) is 20.6 Å². The van der Waals surface area contributed by atoms with Gasteiger partial charge in [0, 0.05) is 36.3 Å². The maximum absolute atomic E-state index is 11.4. The number of nitrogens with one attached hydrogen (secondary N) is 2. The predicted octanol–water partition coefficient (Wildman–Crippen LogP) is 3.86. The molecule has 34 heavy (non-hydrogen) atoms. The van der Waals surface area contributed by atoms with Gasteiger partial charge in [-0.05, 0) is 66.9 Å². The topological polar surface area (TPSA) is 104 Å². The number of hydrogen-bond acceptors (Lipinski definition) is 8. The third-order valence-corrected chi connectivity index (χ3v) is 7.02. The molecule has 5 rings (SSSR count). The van der Waals surface area contributed by atoms with Gasteiger partial charge in [0.15, 0.2) is 6.23 Å². The highest BCUT2D eigenvalue weighted by Gasteiger charge is 2.26. The minimum absolute atomic E-state index is 0.256. The summed E-state index contributed by atoms with van der Waals surface area (Å²) in [6.45, 7) is 3.56. The molecule has 2 saturated heterocycles. The van der Waals surface area contributed by atoms with Crippen molar-refractivity contribution in [3.63, 3.8) is 0 Å². The fraction of sp³-hybridized carbons (Fsp3) is 0.320. The third-order valence-electron chi connectivity index (χ3n) is 6.14. The Morgan fingerprint density at radius 1 is 1.21 bits per heavy atom. The zero-order chi connectivity index (χ0) is 23.3. The van der Waals surface area contributed by atoms with Crippen molar-refractivity contribution in [3.8, 4) is 11.3 Å². The lowest BCUT2D eigenvalue weighted by Gasteiger charge is -2.32. The Bertz CT molecular complexity index is 1160. The van der Waals surface area contributed by atoms with Crippen LogP contribution in [0, 0.1) is 5.92 Å². The average molecular weight is 478 g/mol. The number of rotatable bonds is 7. The Kier molecular flexibility index (Phi) is 6.94. The molecule has 1 amide bonds. The predicted molar refractivity (Wildman–Crippen MR) is 133 cm³/mol. The molecule has 1 unspecified atom stereocenters. The first-order chi connectivity index (χ1) is 16.7. The molecule has 9 heteroatoms. The van der Waals surface area contributed by atoms with Gasteiger partial charge in [-0.3, -0.25) is 4.79 Å². The molecular formula is C25H27N5O3S. The molecule has 3 N–H and O–H groups in total. The van der Waals surface area contributed by atoms with Gasteiger partial charge in [-0.25, -0.2) is 9.97 Å². The fourth-order valence-corrected chi connectivity index (χ4v) is 5.05. The number of amides is 1. The molecule has 8 nitrogen and oxygen atoms in total. The molecule has 1 aromatic carbocycles. The van der Waals surface area contributed by atoms with Crippen LogP contribution in [-0.2, 0) is 6.54 Å². The van der Waals surface area contributed by atoms with Gasteiger partial charge in [0.1, 0.15) is 5.76 Å². The second-order valence-electron chi connectivity index (χ2n) is 8.46. The van der Waals surface area contributed by atoms with Crippen LogP contribution >= 0.6 is 11.8 Å². The smallest absolute Gasteiger partial charge is 0.285 e. The lowest BCUT2D eigenvalue weighted by atomic mass is 9.96. The van der Waals surface area contributed by atoms with E-state index < -0.39 is 6.23 Å². The number of piperidine rings is 1. The van der Waals surface area contributed by atoms with Crippen molar-refractivity contribution >= 4 is 29.0 Å². The van der Waals surface area contributed by atoms with Gasteiger partial charge in [0.2, 0.25) is 5.95 Å². The zero-order valence-electron chi connectivity index (χ0n) is 18.7. The third kappa shape index (κ3) is 5.32. The van der Waals surface area contributed by atoms with E-state index >= 15 is 0 Å². The number of carbonyl (C=O) groups is 1. The second kappa shape index (κ2) is 10.4. The summed E-state index contributed by atoms with van der Waals surface area (Å²) in [7, 11) is 0. The van der Waals surface area contributed by atoms with Crippen LogP contribution in [0.15, 0.2) is 64.2 Å². The number of thioether (sulfide) groups is 1. The molecule has 2 fully saturated rings. The van der Waals surface area contributed by atoms with Crippen molar-refractivity contribution in [2.45, 2.75) is 25.6 Å². The van der Waals surface area contributed by atoms with E-state index in [1.165, 1.54) is 5.56 Å². The van der Waals surface area contributed by atoms with Crippen LogP contribution in [0.25, 0.3) is 17.4 Å². The molecule has 176 valence electrons. The lowest BCUT2D eigenvalue weighted by molar-refractivity contribution is 0.192. The van der Waals surface area contributed by atoms with Crippen molar-refractivity contribution in [3.05, 3.63) is 71.1 Å². The molecule has 2 aliphatic heterocycles. The minimum Gasteiger partial charge on any atom is -0.464 e. The first kappa shape index (κ1) is 22.6. The molecule has 0 bridgehead atoms. The quantitative estimate of drug-likeness (QED) is 0.471. The normalized spacial score (nSPS) is 20.1. The van der Waals surface area contributed by atoms with Crippen molar-refractivity contribution < 1.29 is 14.3 Å². The highest BCUT2D eigenvalue weighted by atomic mass is 32.2. The molecule has 0 spiro atoms. The average Bonchev–Trinajstić information content (AvgIpc) is 3.50. The van der Waals surface area contributed by atoms with Gasteiger partial charge < -0.3 is 25.1 Å². The van der Waals surface area contributed by atoms with Crippen LogP contribution in [0.1, 0.15) is 24.1 Å². The Hall–Kier alpha value is -3.14. The Morgan fingerprint density at radius 2 is 2.06 bits per heavy atom. The van der Waals surface area contributed by atoms with E-state index in [9.17, 15) is 9.90 Å². The zero-order valence-corrected chi connectivity index (χ0v) is 19.5. The minimum atomic E-state index is -0.967. The Balaban J connectivity index is 1.13.